The van der Waals surface area contributed by atoms with E-state index in [1.165, 1.54) is 4.90 Å². The van der Waals surface area contributed by atoms with Gasteiger partial charge in [0.05, 0.1) is 10.8 Å². The van der Waals surface area contributed by atoms with Crippen molar-refractivity contribution in [3.05, 3.63) is 39.7 Å². The predicted octanol–water partition coefficient (Wildman–Crippen LogP) is 2.06. The molecule has 8 heteroatoms. The normalized spacial score (nSPS) is 21.5. The number of hydrogen-bond donors (Lipinski definition) is 1. The summed E-state index contributed by atoms with van der Waals surface area (Å²) >= 11 is 0. The Morgan fingerprint density at radius 2 is 2.09 bits per heavy atom. The first-order valence-electron chi connectivity index (χ1n) is 6.79. The number of aliphatic carboxylic acids is 1. The highest BCUT2D eigenvalue weighted by Crippen LogP contribution is 2.27. The number of benzene rings is 1. The average molecular weight is 310 g/mol. The van der Waals surface area contributed by atoms with Crippen molar-refractivity contribution >= 4 is 17.6 Å². The smallest absolute Gasteiger partial charge is 0.308 e. The topological polar surface area (TPSA) is 101 Å². The second-order valence-corrected chi connectivity index (χ2v) is 5.34. The number of nitro groups is 1. The van der Waals surface area contributed by atoms with Gasteiger partial charge < -0.3 is 10.0 Å². The van der Waals surface area contributed by atoms with Crippen molar-refractivity contribution in [3.63, 3.8) is 0 Å². The molecule has 0 saturated carbocycles. The highest BCUT2D eigenvalue weighted by atomic mass is 19.1. The van der Waals surface area contributed by atoms with Gasteiger partial charge >= 0.3 is 5.97 Å². The first-order chi connectivity index (χ1) is 10.3. The van der Waals surface area contributed by atoms with Crippen LogP contribution in [0.2, 0.25) is 0 Å². The van der Waals surface area contributed by atoms with Gasteiger partial charge in [0.25, 0.3) is 11.6 Å². The third-order valence-electron chi connectivity index (χ3n) is 3.88. The van der Waals surface area contributed by atoms with E-state index < -0.39 is 34.2 Å². The second kappa shape index (κ2) is 6.08. The van der Waals surface area contributed by atoms with Gasteiger partial charge in [-0.2, -0.15) is 0 Å². The molecule has 7 nitrogen and oxygen atoms in total. The van der Waals surface area contributed by atoms with Crippen LogP contribution < -0.4 is 0 Å². The summed E-state index contributed by atoms with van der Waals surface area (Å²) in [5.41, 5.74) is -0.848. The van der Waals surface area contributed by atoms with E-state index in [1.54, 1.807) is 6.92 Å². The van der Waals surface area contributed by atoms with E-state index in [0.717, 1.165) is 18.2 Å². The number of piperidine rings is 1. The minimum Gasteiger partial charge on any atom is -0.481 e. The Morgan fingerprint density at radius 3 is 2.68 bits per heavy atom. The Bertz CT molecular complexity index is 634. The van der Waals surface area contributed by atoms with Crippen molar-refractivity contribution in [3.8, 4) is 0 Å². The van der Waals surface area contributed by atoms with E-state index in [4.69, 9.17) is 5.11 Å². The SMILES string of the molecule is CC1CCC(C(=O)O)CN1C(=O)c1cc(F)ccc1[N+](=O)[O-]. The van der Waals surface area contributed by atoms with E-state index in [0.29, 0.717) is 12.8 Å². The van der Waals surface area contributed by atoms with Gasteiger partial charge in [0.15, 0.2) is 0 Å². The molecular weight excluding hydrogens is 295 g/mol. The Morgan fingerprint density at radius 1 is 1.41 bits per heavy atom. The number of rotatable bonds is 3. The summed E-state index contributed by atoms with van der Waals surface area (Å²) in [6, 6.07) is 2.41. The Kier molecular flexibility index (Phi) is 4.39. The predicted molar refractivity (Wildman–Crippen MR) is 73.9 cm³/mol. The summed E-state index contributed by atoms with van der Waals surface area (Å²) in [4.78, 5) is 35.1. The Hall–Kier alpha value is -2.51. The average Bonchev–Trinajstić information content (AvgIpc) is 2.46. The lowest BCUT2D eigenvalue weighted by Gasteiger charge is -2.36. The third-order valence-corrected chi connectivity index (χ3v) is 3.88. The van der Waals surface area contributed by atoms with Crippen LogP contribution in [0.5, 0.6) is 0 Å². The molecule has 2 rings (SSSR count). The highest BCUT2D eigenvalue weighted by molar-refractivity contribution is 5.98. The molecule has 0 bridgehead atoms. The van der Waals surface area contributed by atoms with Crippen molar-refractivity contribution in [2.75, 3.05) is 6.54 Å². The first-order valence-corrected chi connectivity index (χ1v) is 6.79. The molecule has 2 unspecified atom stereocenters. The molecule has 1 amide bonds. The molecule has 1 aliphatic heterocycles. The molecule has 0 radical (unpaired) electrons. The van der Waals surface area contributed by atoms with Crippen LogP contribution in [-0.4, -0.2) is 39.4 Å². The molecule has 0 spiro atoms. The van der Waals surface area contributed by atoms with Crippen molar-refractivity contribution in [1.29, 1.82) is 0 Å². The van der Waals surface area contributed by atoms with E-state index in [9.17, 15) is 24.1 Å². The molecule has 1 aliphatic rings. The molecule has 1 N–H and O–H groups in total. The van der Waals surface area contributed by atoms with Crippen LogP contribution in [0.25, 0.3) is 0 Å². The molecule has 2 atom stereocenters. The maximum absolute atomic E-state index is 13.4. The van der Waals surface area contributed by atoms with Crippen molar-refractivity contribution in [2.24, 2.45) is 5.92 Å². The van der Waals surface area contributed by atoms with Gasteiger partial charge in [0.2, 0.25) is 0 Å². The number of hydrogen-bond acceptors (Lipinski definition) is 4. The van der Waals surface area contributed by atoms with Crippen molar-refractivity contribution < 1.29 is 24.0 Å². The van der Waals surface area contributed by atoms with Gasteiger partial charge in [0.1, 0.15) is 11.4 Å². The van der Waals surface area contributed by atoms with E-state index in [2.05, 4.69) is 0 Å². The van der Waals surface area contributed by atoms with Crippen LogP contribution in [0.1, 0.15) is 30.1 Å². The number of likely N-dealkylation sites (tertiary alicyclic amines) is 1. The van der Waals surface area contributed by atoms with E-state index in [1.807, 2.05) is 0 Å². The van der Waals surface area contributed by atoms with Crippen molar-refractivity contribution in [1.82, 2.24) is 4.90 Å². The highest BCUT2D eigenvalue weighted by Gasteiger charge is 2.35. The standard InChI is InChI=1S/C14H15FN2O5/c1-8-2-3-9(14(19)20)7-16(8)13(18)11-6-10(15)4-5-12(11)17(21)22/h4-6,8-9H,2-3,7H2,1H3,(H,19,20). The number of carboxylic acids is 1. The summed E-state index contributed by atoms with van der Waals surface area (Å²) in [6.07, 6.45) is 0.914. The van der Waals surface area contributed by atoms with Gasteiger partial charge in [0, 0.05) is 18.7 Å². The number of amides is 1. The zero-order valence-electron chi connectivity index (χ0n) is 11.9. The second-order valence-electron chi connectivity index (χ2n) is 5.34. The number of carbonyl (C=O) groups excluding carboxylic acids is 1. The minimum atomic E-state index is -1.02. The largest absolute Gasteiger partial charge is 0.481 e. The number of nitro benzene ring substituents is 1. The van der Waals surface area contributed by atoms with Gasteiger partial charge in [-0.3, -0.25) is 19.7 Å². The number of nitrogens with zero attached hydrogens (tertiary/aromatic N) is 2. The lowest BCUT2D eigenvalue weighted by Crippen LogP contribution is -2.47. The number of halogens is 1. The van der Waals surface area contributed by atoms with E-state index in [-0.39, 0.29) is 18.2 Å². The molecule has 22 heavy (non-hydrogen) atoms. The summed E-state index contributed by atoms with van der Waals surface area (Å²) in [7, 11) is 0. The fourth-order valence-electron chi connectivity index (χ4n) is 2.59. The van der Waals surface area contributed by atoms with E-state index >= 15 is 0 Å². The Balaban J connectivity index is 2.36. The maximum atomic E-state index is 13.4. The monoisotopic (exact) mass is 310 g/mol. The Labute approximate surface area is 125 Å². The third kappa shape index (κ3) is 3.05. The summed E-state index contributed by atoms with van der Waals surface area (Å²) < 4.78 is 13.4. The van der Waals surface area contributed by atoms with Crippen LogP contribution in [0.3, 0.4) is 0 Å². The van der Waals surface area contributed by atoms with Gasteiger partial charge in [-0.15, -0.1) is 0 Å². The zero-order chi connectivity index (χ0) is 16.4. The van der Waals surface area contributed by atoms with Crippen LogP contribution >= 0.6 is 0 Å². The van der Waals surface area contributed by atoms with Crippen LogP contribution in [0.4, 0.5) is 10.1 Å². The lowest BCUT2D eigenvalue weighted by molar-refractivity contribution is -0.385. The van der Waals surface area contributed by atoms with Crippen LogP contribution in [0, 0.1) is 21.8 Å². The lowest BCUT2D eigenvalue weighted by atomic mass is 9.92. The fraction of sp³-hybridized carbons (Fsp3) is 0.429. The van der Waals surface area contributed by atoms with Gasteiger partial charge in [-0.05, 0) is 31.9 Å². The summed E-state index contributed by atoms with van der Waals surface area (Å²) in [5, 5.41) is 20.1. The molecule has 1 aromatic rings. The molecule has 1 fully saturated rings. The fourth-order valence-corrected chi connectivity index (χ4v) is 2.59. The van der Waals surface area contributed by atoms with Crippen molar-refractivity contribution in [2.45, 2.75) is 25.8 Å². The molecule has 1 saturated heterocycles. The van der Waals surface area contributed by atoms with Crippen LogP contribution in [0.15, 0.2) is 18.2 Å². The minimum absolute atomic E-state index is 0.0387. The zero-order valence-corrected chi connectivity index (χ0v) is 11.9. The number of carboxylic acid groups (broad SMARTS) is 1. The quantitative estimate of drug-likeness (QED) is 0.680. The molecule has 0 aromatic heterocycles. The summed E-state index contributed by atoms with van der Waals surface area (Å²) in [5.74, 6) is -3.20. The maximum Gasteiger partial charge on any atom is 0.308 e. The molecule has 1 aromatic carbocycles. The van der Waals surface area contributed by atoms with Crippen LogP contribution in [-0.2, 0) is 4.79 Å². The molecule has 1 heterocycles. The number of carbonyl (C=O) groups is 2. The molecule has 118 valence electrons. The first kappa shape index (κ1) is 15.9. The van der Waals surface area contributed by atoms with Gasteiger partial charge in [-0.1, -0.05) is 0 Å². The molecule has 0 aliphatic carbocycles. The molecular formula is C14H15FN2O5. The summed E-state index contributed by atoms with van der Waals surface area (Å²) in [6.45, 7) is 1.70. The van der Waals surface area contributed by atoms with Gasteiger partial charge in [-0.25, -0.2) is 4.39 Å².